The molecule has 5 heteroatoms. The normalized spacial score (nSPS) is 19.0. The molecule has 0 bridgehead atoms. The van der Waals surface area contributed by atoms with Crippen molar-refractivity contribution in [1.82, 2.24) is 15.3 Å². The molecule has 1 unspecified atom stereocenters. The van der Waals surface area contributed by atoms with Gasteiger partial charge in [-0.3, -0.25) is 0 Å². The molecule has 2 aromatic rings. The number of halogens is 1. The second-order valence-corrected chi connectivity index (χ2v) is 5.28. The lowest BCUT2D eigenvalue weighted by atomic mass is 10.0. The zero-order chi connectivity index (χ0) is 13.9. The Morgan fingerprint density at radius 1 is 1.35 bits per heavy atom. The molecule has 0 aliphatic carbocycles. The standard InChI is InChI=1S/C15H16ClN3O/c1-10-17-3-2-14(19-10)11-6-12(8-13(16)7-11)15-9-20-5-4-18-15/h2-3,6-8,15,18H,4-5,9H2,1H3. The van der Waals surface area contributed by atoms with E-state index in [-0.39, 0.29) is 6.04 Å². The average molecular weight is 290 g/mol. The van der Waals surface area contributed by atoms with Crippen LogP contribution in [0.5, 0.6) is 0 Å². The average Bonchev–Trinajstić information content (AvgIpc) is 2.47. The topological polar surface area (TPSA) is 47.0 Å². The first-order chi connectivity index (χ1) is 9.72. The van der Waals surface area contributed by atoms with Crippen molar-refractivity contribution in [3.8, 4) is 11.3 Å². The quantitative estimate of drug-likeness (QED) is 0.923. The Morgan fingerprint density at radius 2 is 2.25 bits per heavy atom. The van der Waals surface area contributed by atoms with E-state index in [1.807, 2.05) is 25.1 Å². The first kappa shape index (κ1) is 13.5. The van der Waals surface area contributed by atoms with E-state index in [0.29, 0.717) is 11.6 Å². The summed E-state index contributed by atoms with van der Waals surface area (Å²) in [7, 11) is 0. The summed E-state index contributed by atoms with van der Waals surface area (Å²) in [5.41, 5.74) is 3.02. The van der Waals surface area contributed by atoms with Gasteiger partial charge in [-0.05, 0) is 36.8 Å². The van der Waals surface area contributed by atoms with Gasteiger partial charge in [-0.25, -0.2) is 9.97 Å². The molecule has 1 aliphatic heterocycles. The number of aromatic nitrogens is 2. The Kier molecular flexibility index (Phi) is 3.96. The highest BCUT2D eigenvalue weighted by Crippen LogP contribution is 2.27. The summed E-state index contributed by atoms with van der Waals surface area (Å²) in [4.78, 5) is 8.57. The second-order valence-electron chi connectivity index (χ2n) is 4.84. The second kappa shape index (κ2) is 5.87. The van der Waals surface area contributed by atoms with Crippen LogP contribution in [0.3, 0.4) is 0 Å². The molecule has 104 valence electrons. The maximum Gasteiger partial charge on any atom is 0.125 e. The van der Waals surface area contributed by atoms with Crippen LogP contribution >= 0.6 is 11.6 Å². The SMILES string of the molecule is Cc1nccc(-c2cc(Cl)cc(C3COCCN3)c2)n1. The fourth-order valence-corrected chi connectivity index (χ4v) is 2.60. The van der Waals surface area contributed by atoms with Crippen molar-refractivity contribution in [2.45, 2.75) is 13.0 Å². The number of rotatable bonds is 2. The maximum absolute atomic E-state index is 6.25. The molecule has 0 amide bonds. The highest BCUT2D eigenvalue weighted by Gasteiger charge is 2.16. The van der Waals surface area contributed by atoms with Gasteiger partial charge in [0.05, 0.1) is 24.9 Å². The minimum Gasteiger partial charge on any atom is -0.378 e. The van der Waals surface area contributed by atoms with E-state index in [1.54, 1.807) is 6.20 Å². The molecule has 1 atom stereocenters. The van der Waals surface area contributed by atoms with Crippen molar-refractivity contribution in [3.63, 3.8) is 0 Å². The summed E-state index contributed by atoms with van der Waals surface area (Å²) in [5, 5.41) is 4.15. The van der Waals surface area contributed by atoms with Crippen LogP contribution in [0.4, 0.5) is 0 Å². The van der Waals surface area contributed by atoms with Crippen LogP contribution in [-0.2, 0) is 4.74 Å². The molecule has 0 saturated carbocycles. The fraction of sp³-hybridized carbons (Fsp3) is 0.333. The van der Waals surface area contributed by atoms with Crippen LogP contribution in [0.15, 0.2) is 30.5 Å². The summed E-state index contributed by atoms with van der Waals surface area (Å²) >= 11 is 6.25. The van der Waals surface area contributed by atoms with Crippen molar-refractivity contribution in [2.24, 2.45) is 0 Å². The molecule has 2 heterocycles. The molecular weight excluding hydrogens is 274 g/mol. The molecule has 3 rings (SSSR count). The van der Waals surface area contributed by atoms with E-state index in [2.05, 4.69) is 21.4 Å². The first-order valence-corrected chi connectivity index (χ1v) is 7.02. The van der Waals surface area contributed by atoms with E-state index in [4.69, 9.17) is 16.3 Å². The van der Waals surface area contributed by atoms with Gasteiger partial charge in [0.15, 0.2) is 0 Å². The lowest BCUT2D eigenvalue weighted by Gasteiger charge is -2.24. The zero-order valence-corrected chi connectivity index (χ0v) is 12.0. The summed E-state index contributed by atoms with van der Waals surface area (Å²) in [6.45, 7) is 4.17. The third-order valence-electron chi connectivity index (χ3n) is 3.32. The van der Waals surface area contributed by atoms with E-state index in [1.165, 1.54) is 0 Å². The van der Waals surface area contributed by atoms with Crippen molar-refractivity contribution < 1.29 is 4.74 Å². The van der Waals surface area contributed by atoms with Gasteiger partial charge in [0, 0.05) is 23.3 Å². The number of benzene rings is 1. The summed E-state index contributed by atoms with van der Waals surface area (Å²) in [6, 6.07) is 8.10. The predicted molar refractivity (Wildman–Crippen MR) is 78.8 cm³/mol. The van der Waals surface area contributed by atoms with Crippen LogP contribution in [-0.4, -0.2) is 29.7 Å². The molecule has 20 heavy (non-hydrogen) atoms. The number of hydrogen-bond donors (Lipinski definition) is 1. The molecule has 4 nitrogen and oxygen atoms in total. The van der Waals surface area contributed by atoms with Crippen molar-refractivity contribution in [3.05, 3.63) is 46.9 Å². The minimum absolute atomic E-state index is 0.184. The van der Waals surface area contributed by atoms with Crippen molar-refractivity contribution in [1.29, 1.82) is 0 Å². The number of nitrogens with one attached hydrogen (secondary N) is 1. The number of nitrogens with zero attached hydrogens (tertiary/aromatic N) is 2. The van der Waals surface area contributed by atoms with Gasteiger partial charge in [-0.15, -0.1) is 0 Å². The van der Waals surface area contributed by atoms with Crippen molar-refractivity contribution in [2.75, 3.05) is 19.8 Å². The van der Waals surface area contributed by atoms with Crippen LogP contribution in [0, 0.1) is 6.92 Å². The molecule has 1 saturated heterocycles. The third-order valence-corrected chi connectivity index (χ3v) is 3.53. The molecule has 1 N–H and O–H groups in total. The Balaban J connectivity index is 1.97. The Morgan fingerprint density at radius 3 is 3.00 bits per heavy atom. The minimum atomic E-state index is 0.184. The smallest absolute Gasteiger partial charge is 0.125 e. The molecular formula is C15H16ClN3O. The largest absolute Gasteiger partial charge is 0.378 e. The highest BCUT2D eigenvalue weighted by atomic mass is 35.5. The summed E-state index contributed by atoms with van der Waals surface area (Å²) < 4.78 is 5.51. The Bertz CT molecular complexity index is 612. The van der Waals surface area contributed by atoms with Gasteiger partial charge in [0.25, 0.3) is 0 Å². The summed E-state index contributed by atoms with van der Waals surface area (Å²) in [5.74, 6) is 0.753. The van der Waals surface area contributed by atoms with Crippen LogP contribution in [0.1, 0.15) is 17.4 Å². The Labute approximate surface area is 123 Å². The van der Waals surface area contributed by atoms with Crippen LogP contribution in [0.25, 0.3) is 11.3 Å². The van der Waals surface area contributed by atoms with Gasteiger partial charge in [-0.2, -0.15) is 0 Å². The molecule has 1 aliphatic rings. The van der Waals surface area contributed by atoms with E-state index < -0.39 is 0 Å². The van der Waals surface area contributed by atoms with Gasteiger partial charge < -0.3 is 10.1 Å². The van der Waals surface area contributed by atoms with E-state index >= 15 is 0 Å². The number of aryl methyl sites for hydroxylation is 1. The number of morpholine rings is 1. The van der Waals surface area contributed by atoms with E-state index in [9.17, 15) is 0 Å². The molecule has 1 fully saturated rings. The third kappa shape index (κ3) is 2.98. The Hall–Kier alpha value is -1.49. The molecule has 1 aromatic heterocycles. The monoisotopic (exact) mass is 289 g/mol. The van der Waals surface area contributed by atoms with Crippen LogP contribution < -0.4 is 5.32 Å². The lowest BCUT2D eigenvalue weighted by Crippen LogP contribution is -2.34. The van der Waals surface area contributed by atoms with Gasteiger partial charge in [0.2, 0.25) is 0 Å². The van der Waals surface area contributed by atoms with Gasteiger partial charge in [0.1, 0.15) is 5.82 Å². The molecule has 0 spiro atoms. The first-order valence-electron chi connectivity index (χ1n) is 6.64. The highest BCUT2D eigenvalue weighted by molar-refractivity contribution is 6.31. The molecule has 1 aromatic carbocycles. The molecule has 0 radical (unpaired) electrons. The predicted octanol–water partition coefficient (Wildman–Crippen LogP) is 2.77. The van der Waals surface area contributed by atoms with Crippen molar-refractivity contribution >= 4 is 11.6 Å². The van der Waals surface area contributed by atoms with Gasteiger partial charge >= 0.3 is 0 Å². The fourth-order valence-electron chi connectivity index (χ4n) is 2.36. The lowest BCUT2D eigenvalue weighted by molar-refractivity contribution is 0.0769. The maximum atomic E-state index is 6.25. The van der Waals surface area contributed by atoms with Gasteiger partial charge in [-0.1, -0.05) is 11.6 Å². The van der Waals surface area contributed by atoms with Crippen LogP contribution in [0.2, 0.25) is 5.02 Å². The summed E-state index contributed by atoms with van der Waals surface area (Å²) in [6.07, 6.45) is 1.76. The number of ether oxygens (including phenoxy) is 1. The number of hydrogen-bond acceptors (Lipinski definition) is 4. The zero-order valence-electron chi connectivity index (χ0n) is 11.3. The van der Waals surface area contributed by atoms with E-state index in [0.717, 1.165) is 35.8 Å².